The van der Waals surface area contributed by atoms with Gasteiger partial charge in [-0.05, 0) is 49.1 Å². The monoisotopic (exact) mass is 357 g/mol. The minimum Gasteiger partial charge on any atom is -0.377 e. The lowest BCUT2D eigenvalue weighted by Gasteiger charge is -2.43. The van der Waals surface area contributed by atoms with Crippen LogP contribution >= 0.6 is 0 Å². The predicted molar refractivity (Wildman–Crippen MR) is 100 cm³/mol. The van der Waals surface area contributed by atoms with Gasteiger partial charge in [0.1, 0.15) is 0 Å². The summed E-state index contributed by atoms with van der Waals surface area (Å²) in [4.78, 5) is 19.3. The molecule has 3 atom stereocenters. The maximum Gasteiger partial charge on any atom is 0.225 e. The standard InChI is InChI=1S/C21H31N3O2/c25-21(23-12-17-6-3-8-22-11-17)19-10-18-14-24(9-7-20(18)26-15-19)13-16-4-1-2-5-16/h3,6,8,11,16,18-20H,1-2,4-5,7,9-10,12-15H2,(H,23,25)/t18-,19-,20+/m0/s1. The molecule has 1 N–H and O–H groups in total. The van der Waals surface area contributed by atoms with E-state index in [1.54, 1.807) is 12.4 Å². The number of ether oxygens (including phenoxy) is 1. The Labute approximate surface area is 156 Å². The van der Waals surface area contributed by atoms with Crippen molar-refractivity contribution in [1.82, 2.24) is 15.2 Å². The first-order valence-corrected chi connectivity index (χ1v) is 10.3. The van der Waals surface area contributed by atoms with Crippen LogP contribution in [0.25, 0.3) is 0 Å². The summed E-state index contributed by atoms with van der Waals surface area (Å²) >= 11 is 0. The molecule has 1 aromatic rings. The van der Waals surface area contributed by atoms with Gasteiger partial charge in [-0.15, -0.1) is 0 Å². The van der Waals surface area contributed by atoms with Crippen molar-refractivity contribution in [2.75, 3.05) is 26.2 Å². The van der Waals surface area contributed by atoms with Crippen LogP contribution in [0.5, 0.6) is 0 Å². The van der Waals surface area contributed by atoms with E-state index in [-0.39, 0.29) is 11.8 Å². The fourth-order valence-corrected chi connectivity index (χ4v) is 4.95. The third kappa shape index (κ3) is 4.44. The SMILES string of the molecule is O=C(NCc1cccnc1)[C@@H]1CO[C@@H]2CCN(CC3CCCC3)C[C@@H]2C1. The number of amides is 1. The van der Waals surface area contributed by atoms with Crippen molar-refractivity contribution in [3.8, 4) is 0 Å². The molecule has 1 saturated carbocycles. The molecule has 0 bridgehead atoms. The molecule has 5 heteroatoms. The molecule has 0 spiro atoms. The second-order valence-corrected chi connectivity index (χ2v) is 8.34. The molecule has 3 aliphatic rings. The number of aromatic nitrogens is 1. The van der Waals surface area contributed by atoms with Crippen LogP contribution in [0.1, 0.15) is 44.1 Å². The third-order valence-electron chi connectivity index (χ3n) is 6.40. The summed E-state index contributed by atoms with van der Waals surface area (Å²) in [6.45, 7) is 4.64. The first-order chi connectivity index (χ1) is 12.8. The van der Waals surface area contributed by atoms with E-state index in [0.29, 0.717) is 25.2 Å². The number of fused-ring (bicyclic) bond motifs is 1. The first-order valence-electron chi connectivity index (χ1n) is 10.3. The summed E-state index contributed by atoms with van der Waals surface area (Å²) in [6, 6.07) is 3.89. The molecule has 2 saturated heterocycles. The van der Waals surface area contributed by atoms with Crippen LogP contribution in [0.15, 0.2) is 24.5 Å². The van der Waals surface area contributed by atoms with Gasteiger partial charge < -0.3 is 15.0 Å². The second kappa shape index (κ2) is 8.49. The Morgan fingerprint density at radius 1 is 1.31 bits per heavy atom. The largest absolute Gasteiger partial charge is 0.377 e. The minimum absolute atomic E-state index is 0.0145. The molecule has 0 radical (unpaired) electrons. The van der Waals surface area contributed by atoms with Gasteiger partial charge in [0.2, 0.25) is 5.91 Å². The van der Waals surface area contributed by atoms with Crippen molar-refractivity contribution >= 4 is 5.91 Å². The van der Waals surface area contributed by atoms with Crippen LogP contribution in [0, 0.1) is 17.8 Å². The number of carbonyl (C=O) groups is 1. The molecule has 1 aliphatic carbocycles. The molecule has 3 fully saturated rings. The van der Waals surface area contributed by atoms with Crippen molar-refractivity contribution in [3.63, 3.8) is 0 Å². The summed E-state index contributed by atoms with van der Waals surface area (Å²) < 4.78 is 6.09. The Hall–Kier alpha value is -1.46. The Balaban J connectivity index is 1.26. The van der Waals surface area contributed by atoms with E-state index in [9.17, 15) is 4.79 Å². The maximum absolute atomic E-state index is 12.6. The van der Waals surface area contributed by atoms with E-state index in [0.717, 1.165) is 37.4 Å². The highest BCUT2D eigenvalue weighted by molar-refractivity contribution is 5.78. The highest BCUT2D eigenvalue weighted by Gasteiger charge is 2.38. The predicted octanol–water partition coefficient (Wildman–Crippen LogP) is 2.62. The lowest BCUT2D eigenvalue weighted by Crippen LogP contribution is -2.51. The lowest BCUT2D eigenvalue weighted by atomic mass is 9.83. The number of hydrogen-bond donors (Lipinski definition) is 1. The van der Waals surface area contributed by atoms with Gasteiger partial charge in [-0.25, -0.2) is 0 Å². The summed E-state index contributed by atoms with van der Waals surface area (Å²) in [5, 5.41) is 3.06. The number of nitrogens with zero attached hydrogens (tertiary/aromatic N) is 2. The number of likely N-dealkylation sites (tertiary alicyclic amines) is 1. The average Bonchev–Trinajstić information content (AvgIpc) is 3.19. The van der Waals surface area contributed by atoms with Gasteiger partial charge in [0.05, 0.1) is 18.6 Å². The van der Waals surface area contributed by atoms with Gasteiger partial charge >= 0.3 is 0 Å². The zero-order chi connectivity index (χ0) is 17.8. The fraction of sp³-hybridized carbons (Fsp3) is 0.714. The molecular formula is C21H31N3O2. The molecule has 3 heterocycles. The number of carbonyl (C=O) groups excluding carboxylic acids is 1. The van der Waals surface area contributed by atoms with Crippen molar-refractivity contribution in [3.05, 3.63) is 30.1 Å². The van der Waals surface area contributed by atoms with Crippen LogP contribution in [0.3, 0.4) is 0 Å². The Morgan fingerprint density at radius 3 is 3.00 bits per heavy atom. The number of pyridine rings is 1. The normalized spacial score (nSPS) is 30.1. The number of rotatable bonds is 5. The molecule has 5 nitrogen and oxygen atoms in total. The average molecular weight is 357 g/mol. The minimum atomic E-state index is -0.0145. The van der Waals surface area contributed by atoms with Gasteiger partial charge in [0.15, 0.2) is 0 Å². The summed E-state index contributed by atoms with van der Waals surface area (Å²) in [5.41, 5.74) is 1.04. The highest BCUT2D eigenvalue weighted by Crippen LogP contribution is 2.33. The molecule has 26 heavy (non-hydrogen) atoms. The smallest absolute Gasteiger partial charge is 0.225 e. The van der Waals surface area contributed by atoms with Gasteiger partial charge in [-0.1, -0.05) is 18.9 Å². The lowest BCUT2D eigenvalue weighted by molar-refractivity contribution is -0.139. The quantitative estimate of drug-likeness (QED) is 0.880. The maximum atomic E-state index is 12.6. The second-order valence-electron chi connectivity index (χ2n) is 8.34. The van der Waals surface area contributed by atoms with Gasteiger partial charge in [-0.3, -0.25) is 9.78 Å². The van der Waals surface area contributed by atoms with E-state index >= 15 is 0 Å². The van der Waals surface area contributed by atoms with E-state index < -0.39 is 0 Å². The van der Waals surface area contributed by atoms with Crippen molar-refractivity contribution < 1.29 is 9.53 Å². The first kappa shape index (κ1) is 17.9. The molecule has 4 rings (SSSR count). The van der Waals surface area contributed by atoms with E-state index in [2.05, 4.69) is 15.2 Å². The number of hydrogen-bond acceptors (Lipinski definition) is 4. The van der Waals surface area contributed by atoms with Crippen LogP contribution < -0.4 is 5.32 Å². The zero-order valence-electron chi connectivity index (χ0n) is 15.6. The molecular weight excluding hydrogens is 326 g/mol. The molecule has 1 aromatic heterocycles. The van der Waals surface area contributed by atoms with Crippen molar-refractivity contribution in [2.24, 2.45) is 17.8 Å². The van der Waals surface area contributed by atoms with Crippen LogP contribution in [-0.2, 0) is 16.1 Å². The Bertz CT molecular complexity index is 588. The molecule has 0 aromatic carbocycles. The van der Waals surface area contributed by atoms with E-state index in [1.165, 1.54) is 32.2 Å². The molecule has 2 aliphatic heterocycles. The van der Waals surface area contributed by atoms with Crippen LogP contribution in [-0.4, -0.2) is 48.1 Å². The van der Waals surface area contributed by atoms with Crippen molar-refractivity contribution in [2.45, 2.75) is 51.2 Å². The zero-order valence-corrected chi connectivity index (χ0v) is 15.6. The summed E-state index contributed by atoms with van der Waals surface area (Å²) in [5.74, 6) is 1.52. The number of piperidine rings is 1. The summed E-state index contributed by atoms with van der Waals surface area (Å²) in [7, 11) is 0. The van der Waals surface area contributed by atoms with Crippen LogP contribution in [0.2, 0.25) is 0 Å². The number of nitrogens with one attached hydrogen (secondary N) is 1. The van der Waals surface area contributed by atoms with Gasteiger partial charge in [-0.2, -0.15) is 0 Å². The van der Waals surface area contributed by atoms with Gasteiger partial charge in [0.25, 0.3) is 0 Å². The fourth-order valence-electron chi connectivity index (χ4n) is 4.95. The van der Waals surface area contributed by atoms with E-state index in [4.69, 9.17) is 4.74 Å². The molecule has 1 amide bonds. The summed E-state index contributed by atoms with van der Waals surface area (Å²) in [6.07, 6.45) is 11.6. The van der Waals surface area contributed by atoms with Crippen LogP contribution in [0.4, 0.5) is 0 Å². The topological polar surface area (TPSA) is 54.5 Å². The van der Waals surface area contributed by atoms with Crippen molar-refractivity contribution in [1.29, 1.82) is 0 Å². The highest BCUT2D eigenvalue weighted by atomic mass is 16.5. The van der Waals surface area contributed by atoms with Gasteiger partial charge in [0, 0.05) is 38.6 Å². The molecule has 142 valence electrons. The Kier molecular flexibility index (Phi) is 5.85. The third-order valence-corrected chi connectivity index (χ3v) is 6.40. The molecule has 0 unspecified atom stereocenters. The van der Waals surface area contributed by atoms with E-state index in [1.807, 2.05) is 12.1 Å². The Morgan fingerprint density at radius 2 is 2.19 bits per heavy atom.